The lowest BCUT2D eigenvalue weighted by Crippen LogP contribution is -2.23. The maximum absolute atomic E-state index is 12.3. The molecule has 0 aliphatic carbocycles. The summed E-state index contributed by atoms with van der Waals surface area (Å²) in [5.41, 5.74) is 1.55. The fraction of sp³-hybridized carbons (Fsp3) is 0.300. The molecule has 0 saturated carbocycles. The van der Waals surface area contributed by atoms with E-state index in [0.717, 1.165) is 10.0 Å². The third-order valence-corrected chi connectivity index (χ3v) is 4.21. The van der Waals surface area contributed by atoms with Gasteiger partial charge in [-0.3, -0.25) is 4.79 Å². The van der Waals surface area contributed by atoms with Crippen LogP contribution in [0.4, 0.5) is 5.69 Å². The summed E-state index contributed by atoms with van der Waals surface area (Å²) in [5.74, 6) is -0.217. The van der Waals surface area contributed by atoms with Gasteiger partial charge in [-0.05, 0) is 35.7 Å². The zero-order chi connectivity index (χ0) is 19.3. The summed E-state index contributed by atoms with van der Waals surface area (Å²) < 4.78 is 11.4. The highest BCUT2D eigenvalue weighted by Gasteiger charge is 2.20. The van der Waals surface area contributed by atoms with Gasteiger partial charge in [-0.25, -0.2) is 4.79 Å². The molecule has 0 spiro atoms. The first-order chi connectivity index (χ1) is 12.2. The summed E-state index contributed by atoms with van der Waals surface area (Å²) in [7, 11) is 1.30. The summed E-state index contributed by atoms with van der Waals surface area (Å²) in [6.45, 7) is 6.07. The van der Waals surface area contributed by atoms with Crippen LogP contribution >= 0.6 is 15.9 Å². The third-order valence-electron chi connectivity index (χ3n) is 3.71. The van der Waals surface area contributed by atoms with Gasteiger partial charge in [-0.15, -0.1) is 0 Å². The molecule has 0 bridgehead atoms. The SMILES string of the molecule is COC(=O)c1ccccc1NC(=O)COc1ccc(Br)cc1C(C)(C)C. The highest BCUT2D eigenvalue weighted by Crippen LogP contribution is 2.33. The lowest BCUT2D eigenvalue weighted by Gasteiger charge is -2.23. The van der Waals surface area contributed by atoms with Crippen LogP contribution < -0.4 is 10.1 Å². The van der Waals surface area contributed by atoms with Crippen LogP contribution in [-0.4, -0.2) is 25.6 Å². The minimum absolute atomic E-state index is 0.132. The standard InChI is InChI=1S/C20H22BrNO4/c1-20(2,3)15-11-13(21)9-10-17(15)26-12-18(23)22-16-8-6-5-7-14(16)19(24)25-4/h5-11H,12H2,1-4H3,(H,22,23). The molecule has 2 aromatic rings. The van der Waals surface area contributed by atoms with E-state index < -0.39 is 5.97 Å². The fourth-order valence-corrected chi connectivity index (χ4v) is 2.78. The first-order valence-electron chi connectivity index (χ1n) is 8.12. The smallest absolute Gasteiger partial charge is 0.339 e. The average Bonchev–Trinajstić information content (AvgIpc) is 2.59. The average molecular weight is 420 g/mol. The largest absolute Gasteiger partial charge is 0.483 e. The topological polar surface area (TPSA) is 64.6 Å². The van der Waals surface area contributed by atoms with E-state index in [1.165, 1.54) is 7.11 Å². The number of esters is 1. The number of rotatable bonds is 5. The number of anilines is 1. The van der Waals surface area contributed by atoms with Crippen LogP contribution in [0.25, 0.3) is 0 Å². The van der Waals surface area contributed by atoms with Crippen molar-refractivity contribution in [3.8, 4) is 5.75 Å². The molecule has 1 amide bonds. The predicted octanol–water partition coefficient (Wildman–Crippen LogP) is 4.55. The number of halogens is 1. The molecule has 5 nitrogen and oxygen atoms in total. The van der Waals surface area contributed by atoms with Crippen molar-refractivity contribution in [2.45, 2.75) is 26.2 Å². The minimum atomic E-state index is -0.509. The monoisotopic (exact) mass is 419 g/mol. The van der Waals surface area contributed by atoms with Crippen LogP contribution in [-0.2, 0) is 14.9 Å². The zero-order valence-corrected chi connectivity index (χ0v) is 16.8. The molecule has 138 valence electrons. The van der Waals surface area contributed by atoms with E-state index in [2.05, 4.69) is 42.0 Å². The number of ether oxygens (including phenoxy) is 2. The van der Waals surface area contributed by atoms with Crippen molar-refractivity contribution in [3.63, 3.8) is 0 Å². The summed E-state index contributed by atoms with van der Waals surface area (Å²) in [4.78, 5) is 24.1. The number of benzene rings is 2. The quantitative estimate of drug-likeness (QED) is 0.721. The molecule has 26 heavy (non-hydrogen) atoms. The lowest BCUT2D eigenvalue weighted by molar-refractivity contribution is -0.118. The van der Waals surface area contributed by atoms with Crippen molar-refractivity contribution in [1.82, 2.24) is 0 Å². The van der Waals surface area contributed by atoms with Gasteiger partial charge in [0.15, 0.2) is 6.61 Å². The predicted molar refractivity (Wildman–Crippen MR) is 105 cm³/mol. The molecule has 0 aliphatic heterocycles. The van der Waals surface area contributed by atoms with Crippen molar-refractivity contribution in [2.75, 3.05) is 19.0 Å². The molecule has 0 heterocycles. The highest BCUT2D eigenvalue weighted by atomic mass is 79.9. The first kappa shape index (κ1) is 20.0. The molecular formula is C20H22BrNO4. The van der Waals surface area contributed by atoms with Crippen LogP contribution in [0.5, 0.6) is 5.75 Å². The molecule has 1 N–H and O–H groups in total. The molecule has 0 fully saturated rings. The maximum Gasteiger partial charge on any atom is 0.339 e. The Morgan fingerprint density at radius 1 is 1.12 bits per heavy atom. The summed E-state index contributed by atoms with van der Waals surface area (Å²) in [6, 6.07) is 12.4. The van der Waals surface area contributed by atoms with E-state index >= 15 is 0 Å². The summed E-state index contributed by atoms with van der Waals surface area (Å²) in [5, 5.41) is 2.69. The summed E-state index contributed by atoms with van der Waals surface area (Å²) in [6.07, 6.45) is 0. The van der Waals surface area contributed by atoms with E-state index in [1.54, 1.807) is 24.3 Å². The van der Waals surface area contributed by atoms with Crippen LogP contribution in [0.15, 0.2) is 46.9 Å². The molecule has 6 heteroatoms. The number of para-hydroxylation sites is 1. The Morgan fingerprint density at radius 3 is 2.46 bits per heavy atom. The normalized spacial score (nSPS) is 11.0. The van der Waals surface area contributed by atoms with Gasteiger partial charge in [-0.1, -0.05) is 48.8 Å². The van der Waals surface area contributed by atoms with Gasteiger partial charge in [0.2, 0.25) is 0 Å². The first-order valence-corrected chi connectivity index (χ1v) is 8.91. The van der Waals surface area contributed by atoms with Gasteiger partial charge < -0.3 is 14.8 Å². The zero-order valence-electron chi connectivity index (χ0n) is 15.3. The van der Waals surface area contributed by atoms with Gasteiger partial charge >= 0.3 is 5.97 Å². The van der Waals surface area contributed by atoms with Gasteiger partial charge in [0.25, 0.3) is 5.91 Å². The highest BCUT2D eigenvalue weighted by molar-refractivity contribution is 9.10. The molecule has 0 atom stereocenters. The fourth-order valence-electron chi connectivity index (χ4n) is 2.42. The van der Waals surface area contributed by atoms with Crippen molar-refractivity contribution in [1.29, 1.82) is 0 Å². The molecule has 0 aromatic heterocycles. The van der Waals surface area contributed by atoms with Crippen molar-refractivity contribution < 1.29 is 19.1 Å². The summed E-state index contributed by atoms with van der Waals surface area (Å²) >= 11 is 3.46. The number of amides is 1. The van der Waals surface area contributed by atoms with E-state index in [0.29, 0.717) is 17.0 Å². The number of carbonyl (C=O) groups excluding carboxylic acids is 2. The Kier molecular flexibility index (Phi) is 6.42. The van der Waals surface area contributed by atoms with E-state index in [-0.39, 0.29) is 17.9 Å². The van der Waals surface area contributed by atoms with Crippen LogP contribution in [0.3, 0.4) is 0 Å². The number of hydrogen-bond acceptors (Lipinski definition) is 4. The lowest BCUT2D eigenvalue weighted by atomic mass is 9.86. The molecule has 0 aliphatic rings. The van der Waals surface area contributed by atoms with Gasteiger partial charge in [0.1, 0.15) is 5.75 Å². The van der Waals surface area contributed by atoms with Gasteiger partial charge in [0, 0.05) is 10.0 Å². The number of carbonyl (C=O) groups is 2. The molecule has 2 rings (SSSR count). The number of methoxy groups -OCH3 is 1. The molecule has 0 radical (unpaired) electrons. The number of nitrogens with one attached hydrogen (secondary N) is 1. The van der Waals surface area contributed by atoms with E-state index in [1.807, 2.05) is 18.2 Å². The van der Waals surface area contributed by atoms with Crippen LogP contribution in [0.1, 0.15) is 36.7 Å². The van der Waals surface area contributed by atoms with Crippen LogP contribution in [0, 0.1) is 0 Å². The molecular weight excluding hydrogens is 398 g/mol. The molecule has 0 saturated heterocycles. The second-order valence-electron chi connectivity index (χ2n) is 6.76. The third kappa shape index (κ3) is 5.08. The second-order valence-corrected chi connectivity index (χ2v) is 7.68. The van der Waals surface area contributed by atoms with Crippen molar-refractivity contribution in [3.05, 3.63) is 58.1 Å². The van der Waals surface area contributed by atoms with Gasteiger partial charge in [-0.2, -0.15) is 0 Å². The van der Waals surface area contributed by atoms with Crippen molar-refractivity contribution in [2.24, 2.45) is 0 Å². The molecule has 0 unspecified atom stereocenters. The Morgan fingerprint density at radius 2 is 1.81 bits per heavy atom. The van der Waals surface area contributed by atoms with Gasteiger partial charge in [0.05, 0.1) is 18.4 Å². The Hall–Kier alpha value is -2.34. The Labute approximate surface area is 161 Å². The number of hydrogen-bond donors (Lipinski definition) is 1. The Bertz CT molecular complexity index is 812. The van der Waals surface area contributed by atoms with E-state index in [9.17, 15) is 9.59 Å². The van der Waals surface area contributed by atoms with Crippen LogP contribution in [0.2, 0.25) is 0 Å². The molecule has 2 aromatic carbocycles. The minimum Gasteiger partial charge on any atom is -0.483 e. The maximum atomic E-state index is 12.3. The van der Waals surface area contributed by atoms with Crippen molar-refractivity contribution >= 4 is 33.5 Å². The van der Waals surface area contributed by atoms with E-state index in [4.69, 9.17) is 9.47 Å². The second kappa shape index (κ2) is 8.36. The Balaban J connectivity index is 2.11.